The molecule has 0 aliphatic carbocycles. The predicted molar refractivity (Wildman–Crippen MR) is 120 cm³/mol. The lowest BCUT2D eigenvalue weighted by Crippen LogP contribution is -2.42. The number of imide groups is 1. The van der Waals surface area contributed by atoms with Crippen molar-refractivity contribution in [3.8, 4) is 11.4 Å². The van der Waals surface area contributed by atoms with Crippen LogP contribution >= 0.6 is 11.8 Å². The van der Waals surface area contributed by atoms with Crippen molar-refractivity contribution in [2.45, 2.75) is 17.6 Å². The molecular weight excluding hydrogens is 446 g/mol. The van der Waals surface area contributed by atoms with E-state index in [1.54, 1.807) is 62.6 Å². The molecule has 33 heavy (non-hydrogen) atoms. The van der Waals surface area contributed by atoms with Crippen LogP contribution in [0.4, 0.5) is 10.5 Å². The van der Waals surface area contributed by atoms with Gasteiger partial charge in [0.2, 0.25) is 11.1 Å². The van der Waals surface area contributed by atoms with Crippen LogP contribution in [-0.2, 0) is 15.1 Å². The maximum absolute atomic E-state index is 13.1. The van der Waals surface area contributed by atoms with Gasteiger partial charge in [0.05, 0.1) is 12.8 Å². The third-order valence-corrected chi connectivity index (χ3v) is 5.86. The lowest BCUT2D eigenvalue weighted by molar-refractivity contribution is -0.133. The van der Waals surface area contributed by atoms with Gasteiger partial charge in [0.25, 0.3) is 5.91 Å². The highest BCUT2D eigenvalue weighted by atomic mass is 32.2. The number of urea groups is 1. The van der Waals surface area contributed by atoms with Gasteiger partial charge in [0.1, 0.15) is 17.8 Å². The van der Waals surface area contributed by atoms with Crippen LogP contribution in [0.1, 0.15) is 12.5 Å². The fraction of sp³-hybridized carbons (Fsp3) is 0.238. The van der Waals surface area contributed by atoms with Crippen LogP contribution in [0.25, 0.3) is 5.69 Å². The molecule has 3 aromatic rings. The van der Waals surface area contributed by atoms with Gasteiger partial charge in [0.15, 0.2) is 0 Å². The summed E-state index contributed by atoms with van der Waals surface area (Å²) in [6.07, 6.45) is 1.85. The molecule has 1 fully saturated rings. The Hall–Kier alpha value is -3.93. The molecule has 4 rings (SSSR count). The Bertz CT molecular complexity index is 1210. The normalized spacial score (nSPS) is 17.7. The van der Waals surface area contributed by atoms with E-state index in [1.165, 1.54) is 16.4 Å². The van der Waals surface area contributed by atoms with Crippen molar-refractivity contribution in [3.63, 3.8) is 0 Å². The van der Waals surface area contributed by atoms with Crippen molar-refractivity contribution in [1.82, 2.24) is 30.4 Å². The Morgan fingerprint density at radius 3 is 2.67 bits per heavy atom. The Balaban J connectivity index is 1.47. The number of thioether (sulfide) groups is 1. The maximum Gasteiger partial charge on any atom is 0.325 e. The first-order valence-corrected chi connectivity index (χ1v) is 11.1. The number of tetrazole rings is 1. The molecule has 1 unspecified atom stereocenters. The van der Waals surface area contributed by atoms with Crippen molar-refractivity contribution >= 4 is 35.3 Å². The Kier molecular flexibility index (Phi) is 6.01. The fourth-order valence-corrected chi connectivity index (χ4v) is 3.92. The van der Waals surface area contributed by atoms with E-state index >= 15 is 0 Å². The number of benzene rings is 2. The molecule has 1 aliphatic rings. The minimum Gasteiger partial charge on any atom is -0.497 e. The number of hydrogen-bond acceptors (Lipinski definition) is 8. The summed E-state index contributed by atoms with van der Waals surface area (Å²) in [5.41, 5.74) is 0.440. The lowest BCUT2D eigenvalue weighted by Gasteiger charge is -2.22. The number of amides is 4. The molecule has 1 aromatic heterocycles. The Labute approximate surface area is 193 Å². The zero-order chi connectivity index (χ0) is 23.6. The van der Waals surface area contributed by atoms with E-state index < -0.39 is 29.9 Å². The molecule has 0 bridgehead atoms. The van der Waals surface area contributed by atoms with Gasteiger partial charge in [-0.2, -0.15) is 4.68 Å². The Morgan fingerprint density at radius 2 is 1.97 bits per heavy atom. The van der Waals surface area contributed by atoms with E-state index in [1.807, 2.05) is 6.26 Å². The smallest absolute Gasteiger partial charge is 0.325 e. The third-order valence-electron chi connectivity index (χ3n) is 5.24. The average Bonchev–Trinajstić information content (AvgIpc) is 3.38. The number of methoxy groups -OCH3 is 1. The van der Waals surface area contributed by atoms with Crippen LogP contribution < -0.4 is 15.4 Å². The van der Waals surface area contributed by atoms with Crippen molar-refractivity contribution < 1.29 is 19.1 Å². The monoisotopic (exact) mass is 467 g/mol. The largest absolute Gasteiger partial charge is 0.497 e. The van der Waals surface area contributed by atoms with Crippen LogP contribution in [0, 0.1) is 0 Å². The van der Waals surface area contributed by atoms with E-state index in [4.69, 9.17) is 4.74 Å². The molecule has 12 heteroatoms. The standard InChI is InChI=1S/C21H21N7O4S/c1-21(13-7-9-16(32-2)10-8-13)18(30)27(19(31)23-21)12-17(29)22-14-5-4-6-15(11-14)28-20(33-3)24-25-26-28/h4-11H,12H2,1-3H3,(H,22,29)(H,23,31). The minimum atomic E-state index is -1.28. The lowest BCUT2D eigenvalue weighted by atomic mass is 9.92. The summed E-state index contributed by atoms with van der Waals surface area (Å²) in [4.78, 5) is 39.1. The molecule has 1 aliphatic heterocycles. The van der Waals surface area contributed by atoms with Crippen LogP contribution in [0.2, 0.25) is 0 Å². The van der Waals surface area contributed by atoms with Crippen LogP contribution in [-0.4, -0.2) is 62.9 Å². The highest BCUT2D eigenvalue weighted by Gasteiger charge is 2.49. The molecule has 1 atom stereocenters. The van der Waals surface area contributed by atoms with Crippen LogP contribution in [0.3, 0.4) is 0 Å². The van der Waals surface area contributed by atoms with Gasteiger partial charge in [0, 0.05) is 5.69 Å². The minimum absolute atomic E-state index is 0.429. The topological polar surface area (TPSA) is 131 Å². The van der Waals surface area contributed by atoms with Gasteiger partial charge in [-0.05, 0) is 59.5 Å². The summed E-state index contributed by atoms with van der Waals surface area (Å²) in [7, 11) is 1.54. The van der Waals surface area contributed by atoms with Gasteiger partial charge < -0.3 is 15.4 Å². The first-order chi connectivity index (χ1) is 15.9. The number of nitrogens with one attached hydrogen (secondary N) is 2. The Morgan fingerprint density at radius 1 is 1.21 bits per heavy atom. The number of ether oxygens (including phenoxy) is 1. The fourth-order valence-electron chi connectivity index (χ4n) is 3.49. The number of carbonyl (C=O) groups excluding carboxylic acids is 3. The van der Waals surface area contributed by atoms with Crippen molar-refractivity contribution in [1.29, 1.82) is 0 Å². The summed E-state index contributed by atoms with van der Waals surface area (Å²) < 4.78 is 6.68. The van der Waals surface area contributed by atoms with Crippen LogP contribution in [0.5, 0.6) is 5.75 Å². The molecule has 2 N–H and O–H groups in total. The molecule has 0 radical (unpaired) electrons. The number of hydrogen-bond donors (Lipinski definition) is 2. The van der Waals surface area contributed by atoms with E-state index in [-0.39, 0.29) is 0 Å². The molecule has 0 spiro atoms. The summed E-state index contributed by atoms with van der Waals surface area (Å²) in [5.74, 6) is -0.403. The molecule has 170 valence electrons. The van der Waals surface area contributed by atoms with Crippen molar-refractivity contribution in [3.05, 3.63) is 54.1 Å². The first kappa shape index (κ1) is 22.3. The van der Waals surface area contributed by atoms with Crippen molar-refractivity contribution in [2.75, 3.05) is 25.2 Å². The second-order valence-corrected chi connectivity index (χ2v) is 8.12. The molecule has 11 nitrogen and oxygen atoms in total. The van der Waals surface area contributed by atoms with Gasteiger partial charge in [-0.3, -0.25) is 14.5 Å². The quantitative estimate of drug-likeness (QED) is 0.397. The number of anilines is 1. The van der Waals surface area contributed by atoms with Gasteiger partial charge >= 0.3 is 6.03 Å². The van der Waals surface area contributed by atoms with Gasteiger partial charge in [-0.25, -0.2) is 4.79 Å². The van der Waals surface area contributed by atoms with E-state index in [0.717, 1.165) is 4.90 Å². The summed E-state index contributed by atoms with van der Waals surface area (Å²) in [5, 5.41) is 17.5. The van der Waals surface area contributed by atoms with E-state index in [9.17, 15) is 14.4 Å². The van der Waals surface area contributed by atoms with Crippen LogP contribution in [0.15, 0.2) is 53.7 Å². The maximum atomic E-state index is 13.1. The van der Waals surface area contributed by atoms with E-state index in [2.05, 4.69) is 26.2 Å². The molecule has 1 saturated heterocycles. The van der Waals surface area contributed by atoms with Gasteiger partial charge in [-0.15, -0.1) is 5.10 Å². The highest BCUT2D eigenvalue weighted by molar-refractivity contribution is 7.98. The number of aromatic nitrogens is 4. The number of nitrogens with zero attached hydrogens (tertiary/aromatic N) is 5. The molecule has 2 heterocycles. The second-order valence-electron chi connectivity index (χ2n) is 7.35. The summed E-state index contributed by atoms with van der Waals surface area (Å²) >= 11 is 1.38. The van der Waals surface area contributed by atoms with Crippen molar-refractivity contribution in [2.24, 2.45) is 0 Å². The average molecular weight is 468 g/mol. The zero-order valence-corrected chi connectivity index (χ0v) is 18.9. The third kappa shape index (κ3) is 4.24. The molecule has 4 amide bonds. The highest BCUT2D eigenvalue weighted by Crippen LogP contribution is 2.30. The number of carbonyl (C=O) groups is 3. The SMILES string of the molecule is COc1ccc(C2(C)NC(=O)N(CC(=O)Nc3cccc(-n4nnnc4SC)c3)C2=O)cc1. The van der Waals surface area contributed by atoms with E-state index in [0.29, 0.717) is 27.8 Å². The zero-order valence-electron chi connectivity index (χ0n) is 18.1. The summed E-state index contributed by atoms with van der Waals surface area (Å²) in [6, 6.07) is 13.1. The second kappa shape index (κ2) is 8.90. The predicted octanol–water partition coefficient (Wildman–Crippen LogP) is 1.80. The number of rotatable bonds is 7. The van der Waals surface area contributed by atoms with Gasteiger partial charge in [-0.1, -0.05) is 30.0 Å². The summed E-state index contributed by atoms with van der Waals surface area (Å²) in [6.45, 7) is 1.17. The molecular formula is C21H21N7O4S. The first-order valence-electron chi connectivity index (χ1n) is 9.87. The molecule has 0 saturated carbocycles. The molecule has 2 aromatic carbocycles.